The Hall–Kier alpha value is -1.84. The summed E-state index contributed by atoms with van der Waals surface area (Å²) in [5, 5.41) is 21.9. The zero-order chi connectivity index (χ0) is 15.8. The molecule has 0 spiro atoms. The van der Waals surface area contributed by atoms with E-state index in [9.17, 15) is 9.90 Å². The maximum absolute atomic E-state index is 12.0. The molecule has 0 bridgehead atoms. The summed E-state index contributed by atoms with van der Waals surface area (Å²) < 4.78 is 5.40. The third-order valence-electron chi connectivity index (χ3n) is 4.19. The molecule has 0 aromatic carbocycles. The van der Waals surface area contributed by atoms with Crippen LogP contribution < -0.4 is 5.32 Å². The molecule has 0 unspecified atom stereocenters. The number of rotatable bonds is 4. The summed E-state index contributed by atoms with van der Waals surface area (Å²) in [4.78, 5) is 13.8. The number of aliphatic hydroxyl groups is 1. The van der Waals surface area contributed by atoms with E-state index in [0.29, 0.717) is 24.4 Å². The Bertz CT molecular complexity index is 592. The molecule has 2 rings (SSSR count). The summed E-state index contributed by atoms with van der Waals surface area (Å²) in [6.45, 7) is 8.61. The lowest BCUT2D eigenvalue weighted by Crippen LogP contribution is -2.65. The van der Waals surface area contributed by atoms with Crippen LogP contribution in [0.4, 0.5) is 5.88 Å². The number of hydrogen-bond acceptors (Lipinski definition) is 5. The Morgan fingerprint density at radius 1 is 1.52 bits per heavy atom. The van der Waals surface area contributed by atoms with Crippen molar-refractivity contribution in [3.05, 3.63) is 16.9 Å². The van der Waals surface area contributed by atoms with Crippen molar-refractivity contribution in [2.75, 3.05) is 25.0 Å². The molecule has 0 atom stereocenters. The molecular weight excluding hydrogens is 270 g/mol. The molecule has 1 aromatic rings. The molecule has 1 aromatic heterocycles. The van der Waals surface area contributed by atoms with E-state index in [4.69, 9.17) is 9.68 Å². The summed E-state index contributed by atoms with van der Waals surface area (Å²) >= 11 is 0. The highest BCUT2D eigenvalue weighted by atomic mass is 16.4. The first kappa shape index (κ1) is 15.5. The van der Waals surface area contributed by atoms with Gasteiger partial charge in [0.2, 0.25) is 11.8 Å². The summed E-state index contributed by atoms with van der Waals surface area (Å²) in [7, 11) is 0. The summed E-state index contributed by atoms with van der Waals surface area (Å²) in [5.74, 6) is 0.751. The monoisotopic (exact) mass is 291 g/mol. The third-order valence-corrected chi connectivity index (χ3v) is 4.19. The van der Waals surface area contributed by atoms with Crippen LogP contribution in [0.5, 0.6) is 0 Å². The number of nitriles is 1. The lowest BCUT2D eigenvalue weighted by atomic mass is 9.83. The fourth-order valence-corrected chi connectivity index (χ4v) is 2.42. The zero-order valence-electron chi connectivity index (χ0n) is 12.9. The van der Waals surface area contributed by atoms with Crippen LogP contribution in [0.3, 0.4) is 0 Å². The van der Waals surface area contributed by atoms with Crippen LogP contribution in [0.15, 0.2) is 4.42 Å². The van der Waals surface area contributed by atoms with Gasteiger partial charge in [-0.05, 0) is 19.8 Å². The van der Waals surface area contributed by atoms with Crippen LogP contribution >= 0.6 is 0 Å². The Balaban J connectivity index is 1.93. The zero-order valence-corrected chi connectivity index (χ0v) is 12.9. The number of hydrogen-bond donors (Lipinski definition) is 2. The first-order chi connectivity index (χ1) is 9.76. The molecule has 0 saturated carbocycles. The average Bonchev–Trinajstić information content (AvgIpc) is 2.61. The summed E-state index contributed by atoms with van der Waals surface area (Å²) in [5.41, 5.74) is 0.407. The number of nitrogens with zero attached hydrogens (tertiary/aromatic N) is 2. The van der Waals surface area contributed by atoms with Crippen molar-refractivity contribution >= 4 is 11.8 Å². The van der Waals surface area contributed by atoms with E-state index in [1.54, 1.807) is 13.8 Å². The number of carbonyl (C=O) groups excluding carboxylic acids is 1. The fourth-order valence-electron chi connectivity index (χ4n) is 2.42. The van der Waals surface area contributed by atoms with Gasteiger partial charge < -0.3 is 9.52 Å². The molecule has 6 nitrogen and oxygen atoms in total. The molecule has 1 amide bonds. The Morgan fingerprint density at radius 3 is 2.67 bits per heavy atom. The standard InChI is InChI=1S/C15H21N3O3/c1-9(2)15(20)7-18(8-15)6-13(19)17-14-12(5-16)10(3)11(4)21-14/h9,20H,6-8H2,1-4H3,(H,17,19). The third kappa shape index (κ3) is 2.94. The van der Waals surface area contributed by atoms with Gasteiger partial charge in [-0.25, -0.2) is 0 Å². The first-order valence-electron chi connectivity index (χ1n) is 7.01. The Labute approximate surface area is 124 Å². The topological polar surface area (TPSA) is 89.5 Å². The number of carbonyl (C=O) groups is 1. The largest absolute Gasteiger partial charge is 0.444 e. The fraction of sp³-hybridized carbons (Fsp3) is 0.600. The molecule has 1 aliphatic heterocycles. The van der Waals surface area contributed by atoms with E-state index in [2.05, 4.69) is 5.32 Å². The van der Waals surface area contributed by atoms with Gasteiger partial charge in [0.05, 0.1) is 12.1 Å². The molecule has 2 heterocycles. The number of nitrogens with one attached hydrogen (secondary N) is 1. The number of β-amino-alcohol motifs (C(OH)–C–C–N with tert-alkyl or cyclic N) is 1. The molecular formula is C15H21N3O3. The van der Waals surface area contributed by atoms with E-state index in [1.807, 2.05) is 24.8 Å². The predicted octanol–water partition coefficient (Wildman–Crippen LogP) is 1.41. The highest BCUT2D eigenvalue weighted by Gasteiger charge is 2.44. The van der Waals surface area contributed by atoms with Gasteiger partial charge in [-0.15, -0.1) is 0 Å². The number of likely N-dealkylation sites (tertiary alicyclic amines) is 1. The van der Waals surface area contributed by atoms with Gasteiger partial charge in [0.25, 0.3) is 0 Å². The van der Waals surface area contributed by atoms with Crippen LogP contribution in [0.1, 0.15) is 30.7 Å². The second-order valence-electron chi connectivity index (χ2n) is 6.05. The van der Waals surface area contributed by atoms with Gasteiger partial charge >= 0.3 is 0 Å². The van der Waals surface area contributed by atoms with Crippen molar-refractivity contribution in [1.29, 1.82) is 5.26 Å². The molecule has 1 fully saturated rings. The van der Waals surface area contributed by atoms with Crippen molar-refractivity contribution in [2.45, 2.75) is 33.3 Å². The summed E-state index contributed by atoms with van der Waals surface area (Å²) in [6, 6.07) is 2.04. The first-order valence-corrected chi connectivity index (χ1v) is 7.01. The quantitative estimate of drug-likeness (QED) is 0.875. The number of aryl methyl sites for hydroxylation is 1. The van der Waals surface area contributed by atoms with E-state index >= 15 is 0 Å². The second-order valence-corrected chi connectivity index (χ2v) is 6.05. The van der Waals surface area contributed by atoms with Gasteiger partial charge in [-0.3, -0.25) is 15.0 Å². The van der Waals surface area contributed by atoms with Crippen LogP contribution in [-0.2, 0) is 4.79 Å². The predicted molar refractivity (Wildman–Crippen MR) is 77.8 cm³/mol. The lowest BCUT2D eigenvalue weighted by molar-refractivity contribution is -0.139. The smallest absolute Gasteiger partial charge is 0.240 e. The number of furan rings is 1. The highest BCUT2D eigenvalue weighted by Crippen LogP contribution is 2.29. The molecule has 21 heavy (non-hydrogen) atoms. The van der Waals surface area contributed by atoms with Gasteiger partial charge in [0, 0.05) is 18.7 Å². The van der Waals surface area contributed by atoms with Crippen molar-refractivity contribution in [1.82, 2.24) is 4.90 Å². The van der Waals surface area contributed by atoms with E-state index in [-0.39, 0.29) is 24.3 Å². The number of anilines is 1. The average molecular weight is 291 g/mol. The second kappa shape index (κ2) is 5.51. The normalized spacial score (nSPS) is 17.4. The van der Waals surface area contributed by atoms with Gasteiger partial charge in [0.15, 0.2) is 0 Å². The van der Waals surface area contributed by atoms with Gasteiger partial charge in [-0.1, -0.05) is 13.8 Å². The van der Waals surface area contributed by atoms with Crippen molar-refractivity contribution in [3.63, 3.8) is 0 Å². The van der Waals surface area contributed by atoms with E-state index < -0.39 is 5.60 Å². The molecule has 114 valence electrons. The molecule has 2 N–H and O–H groups in total. The van der Waals surface area contributed by atoms with Crippen molar-refractivity contribution in [3.8, 4) is 6.07 Å². The van der Waals surface area contributed by atoms with E-state index in [1.165, 1.54) is 0 Å². The molecule has 1 aliphatic rings. The minimum atomic E-state index is -0.698. The maximum atomic E-state index is 12.0. The number of amides is 1. The highest BCUT2D eigenvalue weighted by molar-refractivity contribution is 5.92. The minimum Gasteiger partial charge on any atom is -0.444 e. The van der Waals surface area contributed by atoms with Gasteiger partial charge in [-0.2, -0.15) is 5.26 Å². The summed E-state index contributed by atoms with van der Waals surface area (Å²) in [6.07, 6.45) is 0. The van der Waals surface area contributed by atoms with Crippen molar-refractivity contribution < 1.29 is 14.3 Å². The van der Waals surface area contributed by atoms with Crippen LogP contribution in [0, 0.1) is 31.1 Å². The van der Waals surface area contributed by atoms with Crippen LogP contribution in [-0.4, -0.2) is 41.1 Å². The Morgan fingerprint density at radius 2 is 2.14 bits per heavy atom. The van der Waals surface area contributed by atoms with Gasteiger partial charge in [0.1, 0.15) is 17.4 Å². The SMILES string of the molecule is Cc1oc(NC(=O)CN2CC(O)(C(C)C)C2)c(C#N)c1C. The molecule has 6 heteroatoms. The molecule has 0 aliphatic carbocycles. The minimum absolute atomic E-state index is 0.164. The van der Waals surface area contributed by atoms with Crippen molar-refractivity contribution in [2.24, 2.45) is 5.92 Å². The molecule has 1 saturated heterocycles. The maximum Gasteiger partial charge on any atom is 0.240 e. The van der Waals surface area contributed by atoms with E-state index in [0.717, 1.165) is 5.56 Å². The van der Waals surface area contributed by atoms with Crippen LogP contribution in [0.25, 0.3) is 0 Å². The lowest BCUT2D eigenvalue weighted by Gasteiger charge is -2.48. The van der Waals surface area contributed by atoms with Crippen LogP contribution in [0.2, 0.25) is 0 Å². The molecule has 0 radical (unpaired) electrons. The Kier molecular flexibility index (Phi) is 4.08.